The molecule has 0 unspecified atom stereocenters. The molecule has 1 aliphatic rings. The number of nitrogens with two attached hydrogens (primary N) is 1. The zero-order valence-corrected chi connectivity index (χ0v) is 13.9. The Labute approximate surface area is 132 Å². The summed E-state index contributed by atoms with van der Waals surface area (Å²) >= 11 is 0. The van der Waals surface area contributed by atoms with Crippen molar-refractivity contribution in [3.63, 3.8) is 0 Å². The topological polar surface area (TPSA) is 90.6 Å². The van der Waals surface area contributed by atoms with Crippen LogP contribution in [-0.2, 0) is 19.1 Å². The Balaban J connectivity index is 2.98. The molecule has 22 heavy (non-hydrogen) atoms. The molecule has 0 spiro atoms. The van der Waals surface area contributed by atoms with Gasteiger partial charge < -0.3 is 20.5 Å². The molecule has 3 N–H and O–H groups in total. The van der Waals surface area contributed by atoms with Crippen LogP contribution < -0.4 is 11.1 Å². The molecular formula is C16H28N2O4. The normalized spacial score (nSPS) is 24.8. The first-order valence-corrected chi connectivity index (χ1v) is 7.98. The van der Waals surface area contributed by atoms with Gasteiger partial charge in [0.25, 0.3) is 0 Å². The molecule has 0 aliphatic heterocycles. The molecule has 0 aromatic heterocycles. The smallest absolute Gasteiger partial charge is 0.333 e. The Morgan fingerprint density at radius 1 is 1.36 bits per heavy atom. The highest BCUT2D eigenvalue weighted by atomic mass is 16.5. The van der Waals surface area contributed by atoms with E-state index in [4.69, 9.17) is 15.2 Å². The standard InChI is InChI=1S/C16H28N2O4/c1-5-12(6-2)22-14-9-11(16(20)21-7-3)8-13(17)15(14)18-10(4)19/h9,12-15H,5-8,17H2,1-4H3,(H,18,19)/t13-,14+,15+/m1/s1. The summed E-state index contributed by atoms with van der Waals surface area (Å²) in [5.74, 6) is -0.524. The lowest BCUT2D eigenvalue weighted by atomic mass is 9.88. The minimum absolute atomic E-state index is 0.0613. The zero-order chi connectivity index (χ0) is 16.7. The number of carbonyl (C=O) groups is 2. The number of hydrogen-bond donors (Lipinski definition) is 2. The Kier molecular flexibility index (Phi) is 7.55. The number of rotatable bonds is 7. The summed E-state index contributed by atoms with van der Waals surface area (Å²) in [6.07, 6.45) is 3.48. The van der Waals surface area contributed by atoms with Gasteiger partial charge in [0.1, 0.15) is 0 Å². The summed E-state index contributed by atoms with van der Waals surface area (Å²) in [5.41, 5.74) is 6.68. The summed E-state index contributed by atoms with van der Waals surface area (Å²) in [5, 5.41) is 2.84. The minimum atomic E-state index is -0.419. The molecule has 0 saturated carbocycles. The van der Waals surface area contributed by atoms with E-state index in [0.717, 1.165) is 12.8 Å². The molecular weight excluding hydrogens is 284 g/mol. The van der Waals surface area contributed by atoms with Gasteiger partial charge in [0, 0.05) is 18.5 Å². The largest absolute Gasteiger partial charge is 0.463 e. The average Bonchev–Trinajstić information content (AvgIpc) is 2.47. The molecule has 3 atom stereocenters. The first-order chi connectivity index (χ1) is 10.4. The molecule has 1 amide bonds. The summed E-state index contributed by atoms with van der Waals surface area (Å²) in [4.78, 5) is 23.4. The lowest BCUT2D eigenvalue weighted by Crippen LogP contribution is -2.57. The van der Waals surface area contributed by atoms with Crippen molar-refractivity contribution in [3.05, 3.63) is 11.6 Å². The van der Waals surface area contributed by atoms with Crippen LogP contribution in [0.5, 0.6) is 0 Å². The van der Waals surface area contributed by atoms with Gasteiger partial charge in [0.15, 0.2) is 0 Å². The molecule has 0 saturated heterocycles. The molecule has 1 rings (SSSR count). The van der Waals surface area contributed by atoms with Crippen molar-refractivity contribution in [1.29, 1.82) is 0 Å². The molecule has 0 bridgehead atoms. The van der Waals surface area contributed by atoms with E-state index in [2.05, 4.69) is 5.32 Å². The van der Waals surface area contributed by atoms with Crippen LogP contribution in [0.4, 0.5) is 0 Å². The summed E-state index contributed by atoms with van der Waals surface area (Å²) in [7, 11) is 0. The van der Waals surface area contributed by atoms with Crippen LogP contribution >= 0.6 is 0 Å². The van der Waals surface area contributed by atoms with Crippen molar-refractivity contribution in [2.24, 2.45) is 5.73 Å². The molecule has 0 fully saturated rings. The van der Waals surface area contributed by atoms with Crippen LogP contribution in [-0.4, -0.2) is 42.8 Å². The lowest BCUT2D eigenvalue weighted by molar-refractivity contribution is -0.139. The van der Waals surface area contributed by atoms with E-state index in [1.807, 2.05) is 13.8 Å². The van der Waals surface area contributed by atoms with Crippen molar-refractivity contribution >= 4 is 11.9 Å². The van der Waals surface area contributed by atoms with E-state index >= 15 is 0 Å². The number of nitrogens with one attached hydrogen (secondary N) is 1. The van der Waals surface area contributed by atoms with Gasteiger partial charge in [0.2, 0.25) is 5.91 Å². The van der Waals surface area contributed by atoms with Crippen LogP contribution in [0, 0.1) is 0 Å². The van der Waals surface area contributed by atoms with E-state index in [0.29, 0.717) is 18.6 Å². The molecule has 6 heteroatoms. The first-order valence-electron chi connectivity index (χ1n) is 7.98. The van der Waals surface area contributed by atoms with Gasteiger partial charge in [-0.2, -0.15) is 0 Å². The summed E-state index contributed by atoms with van der Waals surface area (Å²) in [6.45, 7) is 7.62. The van der Waals surface area contributed by atoms with Gasteiger partial charge in [-0.1, -0.05) is 13.8 Å². The fourth-order valence-corrected chi connectivity index (χ4v) is 2.62. The Morgan fingerprint density at radius 2 is 2.00 bits per heavy atom. The van der Waals surface area contributed by atoms with Crippen LogP contribution in [0.2, 0.25) is 0 Å². The fraction of sp³-hybridized carbons (Fsp3) is 0.750. The summed E-state index contributed by atoms with van der Waals surface area (Å²) in [6, 6.07) is -0.719. The fourth-order valence-electron chi connectivity index (χ4n) is 2.62. The highest BCUT2D eigenvalue weighted by molar-refractivity contribution is 5.89. The molecule has 1 aliphatic carbocycles. The molecule has 6 nitrogen and oxygen atoms in total. The van der Waals surface area contributed by atoms with Gasteiger partial charge in [-0.25, -0.2) is 4.79 Å². The Hall–Kier alpha value is -1.40. The molecule has 0 radical (unpaired) electrons. The third-order valence-electron chi connectivity index (χ3n) is 3.80. The number of carbonyl (C=O) groups excluding carboxylic acids is 2. The highest BCUT2D eigenvalue weighted by Crippen LogP contribution is 2.24. The summed E-state index contributed by atoms with van der Waals surface area (Å²) < 4.78 is 11.1. The minimum Gasteiger partial charge on any atom is -0.463 e. The van der Waals surface area contributed by atoms with Crippen molar-refractivity contribution in [2.75, 3.05) is 6.61 Å². The second-order valence-corrected chi connectivity index (χ2v) is 5.55. The number of ether oxygens (including phenoxy) is 2. The maximum Gasteiger partial charge on any atom is 0.333 e. The van der Waals surface area contributed by atoms with Crippen LogP contribution in [0.1, 0.15) is 47.0 Å². The number of esters is 1. The third-order valence-corrected chi connectivity index (χ3v) is 3.80. The van der Waals surface area contributed by atoms with E-state index in [1.54, 1.807) is 13.0 Å². The van der Waals surface area contributed by atoms with Crippen molar-refractivity contribution in [1.82, 2.24) is 5.32 Å². The van der Waals surface area contributed by atoms with Crippen LogP contribution in [0.15, 0.2) is 11.6 Å². The van der Waals surface area contributed by atoms with E-state index < -0.39 is 6.10 Å². The maximum atomic E-state index is 12.0. The van der Waals surface area contributed by atoms with Gasteiger partial charge in [-0.05, 0) is 32.3 Å². The van der Waals surface area contributed by atoms with Gasteiger partial charge in [-0.3, -0.25) is 4.79 Å². The number of amides is 1. The van der Waals surface area contributed by atoms with Crippen LogP contribution in [0.25, 0.3) is 0 Å². The van der Waals surface area contributed by atoms with Crippen molar-refractivity contribution < 1.29 is 19.1 Å². The highest BCUT2D eigenvalue weighted by Gasteiger charge is 2.35. The molecule has 0 aromatic rings. The molecule has 126 valence electrons. The van der Waals surface area contributed by atoms with Crippen LogP contribution in [0.3, 0.4) is 0 Å². The van der Waals surface area contributed by atoms with Crippen molar-refractivity contribution in [3.8, 4) is 0 Å². The van der Waals surface area contributed by atoms with E-state index in [9.17, 15) is 9.59 Å². The lowest BCUT2D eigenvalue weighted by Gasteiger charge is -2.36. The predicted octanol–water partition coefficient (Wildman–Crippen LogP) is 1.29. The third kappa shape index (κ3) is 5.10. The Morgan fingerprint density at radius 3 is 2.50 bits per heavy atom. The predicted molar refractivity (Wildman–Crippen MR) is 84.2 cm³/mol. The first kappa shape index (κ1) is 18.6. The quantitative estimate of drug-likeness (QED) is 0.691. The SMILES string of the molecule is CCOC(=O)C1=C[C@H](OC(CC)CC)[C@@H](NC(C)=O)[C@H](N)C1. The Bertz CT molecular complexity index is 418. The van der Waals surface area contributed by atoms with Gasteiger partial charge >= 0.3 is 5.97 Å². The van der Waals surface area contributed by atoms with E-state index in [1.165, 1.54) is 6.92 Å². The second-order valence-electron chi connectivity index (χ2n) is 5.55. The molecule has 0 heterocycles. The maximum absolute atomic E-state index is 12.0. The molecule has 0 aromatic carbocycles. The van der Waals surface area contributed by atoms with Gasteiger partial charge in [-0.15, -0.1) is 0 Å². The monoisotopic (exact) mass is 312 g/mol. The van der Waals surface area contributed by atoms with Gasteiger partial charge in [0.05, 0.1) is 24.9 Å². The van der Waals surface area contributed by atoms with E-state index in [-0.39, 0.29) is 30.1 Å². The van der Waals surface area contributed by atoms with Crippen molar-refractivity contribution in [2.45, 2.75) is 71.2 Å². The zero-order valence-electron chi connectivity index (χ0n) is 13.9. The number of hydrogen-bond acceptors (Lipinski definition) is 5. The second kappa shape index (κ2) is 8.90. The average molecular weight is 312 g/mol.